The monoisotopic (exact) mass is 265 g/mol. The number of amides is 1. The van der Waals surface area contributed by atoms with Gasteiger partial charge in [0.05, 0.1) is 16.9 Å². The van der Waals surface area contributed by atoms with Gasteiger partial charge in [0.25, 0.3) is 5.91 Å². The lowest BCUT2D eigenvalue weighted by Crippen LogP contribution is -2.45. The van der Waals surface area contributed by atoms with Crippen LogP contribution in [0.15, 0.2) is 6.20 Å². The largest absolute Gasteiger partial charge is 0.388 e. The number of hydrogen-bond donors (Lipinski definition) is 2. The van der Waals surface area contributed by atoms with Gasteiger partial charge in [-0.1, -0.05) is 6.92 Å². The van der Waals surface area contributed by atoms with Crippen LogP contribution in [0.1, 0.15) is 48.7 Å². The van der Waals surface area contributed by atoms with Crippen LogP contribution in [0.25, 0.3) is 0 Å². The Hall–Kier alpha value is -1.36. The predicted molar refractivity (Wildman–Crippen MR) is 72.9 cm³/mol. The average Bonchev–Trinajstić information content (AvgIpc) is 2.70. The topological polar surface area (TPSA) is 67.2 Å². The fraction of sp³-hybridized carbons (Fsp3) is 0.714. The zero-order chi connectivity index (χ0) is 14.0. The molecule has 0 radical (unpaired) electrons. The molecule has 1 aromatic heterocycles. The van der Waals surface area contributed by atoms with Crippen LogP contribution < -0.4 is 5.32 Å². The SMILES string of the molecule is Cc1nn(C)cc1C(=O)NCC1(O)CCC(C)CC1. The summed E-state index contributed by atoms with van der Waals surface area (Å²) in [5.74, 6) is 0.522. The normalized spacial score (nSPS) is 27.3. The van der Waals surface area contributed by atoms with Crippen molar-refractivity contribution in [3.63, 3.8) is 0 Å². The number of aliphatic hydroxyl groups is 1. The van der Waals surface area contributed by atoms with E-state index in [2.05, 4.69) is 17.3 Å². The first-order valence-corrected chi connectivity index (χ1v) is 6.90. The van der Waals surface area contributed by atoms with Crippen molar-refractivity contribution >= 4 is 5.91 Å². The van der Waals surface area contributed by atoms with Gasteiger partial charge in [-0.15, -0.1) is 0 Å². The van der Waals surface area contributed by atoms with Gasteiger partial charge in [0.15, 0.2) is 0 Å². The molecule has 0 atom stereocenters. The number of carbonyl (C=O) groups excluding carboxylic acids is 1. The highest BCUT2D eigenvalue weighted by Gasteiger charge is 2.32. The molecule has 1 saturated carbocycles. The molecular formula is C14H23N3O2. The molecule has 5 nitrogen and oxygen atoms in total. The molecule has 0 aromatic carbocycles. The van der Waals surface area contributed by atoms with Crippen LogP contribution in [0, 0.1) is 12.8 Å². The summed E-state index contributed by atoms with van der Waals surface area (Å²) < 4.78 is 1.63. The van der Waals surface area contributed by atoms with Gasteiger partial charge >= 0.3 is 0 Å². The molecule has 2 rings (SSSR count). The third-order valence-corrected chi connectivity index (χ3v) is 4.04. The Morgan fingerprint density at radius 3 is 2.74 bits per heavy atom. The molecule has 1 fully saturated rings. The highest BCUT2D eigenvalue weighted by molar-refractivity contribution is 5.95. The summed E-state index contributed by atoms with van der Waals surface area (Å²) in [4.78, 5) is 12.1. The Bertz CT molecular complexity index is 459. The van der Waals surface area contributed by atoms with Crippen molar-refractivity contribution in [3.8, 4) is 0 Å². The third-order valence-electron chi connectivity index (χ3n) is 4.04. The molecule has 1 aliphatic carbocycles. The van der Waals surface area contributed by atoms with Gasteiger partial charge in [0.1, 0.15) is 0 Å². The van der Waals surface area contributed by atoms with E-state index in [0.717, 1.165) is 25.7 Å². The summed E-state index contributed by atoms with van der Waals surface area (Å²) in [6, 6.07) is 0. The highest BCUT2D eigenvalue weighted by atomic mass is 16.3. The highest BCUT2D eigenvalue weighted by Crippen LogP contribution is 2.31. The minimum Gasteiger partial charge on any atom is -0.388 e. The molecule has 1 heterocycles. The zero-order valence-electron chi connectivity index (χ0n) is 11.9. The van der Waals surface area contributed by atoms with Gasteiger partial charge in [0, 0.05) is 19.8 Å². The van der Waals surface area contributed by atoms with Gasteiger partial charge in [-0.3, -0.25) is 9.48 Å². The molecule has 5 heteroatoms. The van der Waals surface area contributed by atoms with Gasteiger partial charge < -0.3 is 10.4 Å². The molecule has 0 unspecified atom stereocenters. The molecule has 0 aliphatic heterocycles. The van der Waals surface area contributed by atoms with Crippen molar-refractivity contribution in [1.82, 2.24) is 15.1 Å². The number of nitrogens with zero attached hydrogens (tertiary/aromatic N) is 2. The molecule has 1 aromatic rings. The van der Waals surface area contributed by atoms with E-state index < -0.39 is 5.60 Å². The molecule has 1 amide bonds. The van der Waals surface area contributed by atoms with Gasteiger partial charge in [0.2, 0.25) is 0 Å². The third kappa shape index (κ3) is 3.35. The van der Waals surface area contributed by atoms with E-state index in [-0.39, 0.29) is 5.91 Å². The first-order chi connectivity index (χ1) is 8.89. The Labute approximate surface area is 114 Å². The Morgan fingerprint density at radius 1 is 1.58 bits per heavy atom. The summed E-state index contributed by atoms with van der Waals surface area (Å²) in [6.45, 7) is 4.34. The number of nitrogens with one attached hydrogen (secondary N) is 1. The molecule has 106 valence electrons. The number of aryl methyl sites for hydroxylation is 2. The summed E-state index contributed by atoms with van der Waals surface area (Å²) in [5.41, 5.74) is 0.553. The minimum atomic E-state index is -0.738. The molecule has 0 saturated heterocycles. The molecule has 1 aliphatic rings. The summed E-state index contributed by atoms with van der Waals surface area (Å²) >= 11 is 0. The lowest BCUT2D eigenvalue weighted by atomic mass is 9.79. The quantitative estimate of drug-likeness (QED) is 0.868. The first-order valence-electron chi connectivity index (χ1n) is 6.90. The smallest absolute Gasteiger partial charge is 0.254 e. The van der Waals surface area contributed by atoms with Crippen LogP contribution in [0.3, 0.4) is 0 Å². The average molecular weight is 265 g/mol. The van der Waals surface area contributed by atoms with E-state index >= 15 is 0 Å². The van der Waals surface area contributed by atoms with E-state index in [1.54, 1.807) is 17.9 Å². The minimum absolute atomic E-state index is 0.155. The fourth-order valence-electron chi connectivity index (χ4n) is 2.64. The molecule has 0 bridgehead atoms. The summed E-state index contributed by atoms with van der Waals surface area (Å²) in [6.07, 6.45) is 5.29. The van der Waals surface area contributed by atoms with Crippen LogP contribution in [0.4, 0.5) is 0 Å². The Morgan fingerprint density at radius 2 is 2.21 bits per heavy atom. The van der Waals surface area contributed by atoms with E-state index in [1.165, 1.54) is 0 Å². The van der Waals surface area contributed by atoms with E-state index in [9.17, 15) is 9.90 Å². The van der Waals surface area contributed by atoms with E-state index in [4.69, 9.17) is 0 Å². The van der Waals surface area contributed by atoms with Gasteiger partial charge in [-0.25, -0.2) is 0 Å². The second-order valence-electron chi connectivity index (χ2n) is 5.89. The predicted octanol–water partition coefficient (Wildman–Crippen LogP) is 1.40. The Kier molecular flexibility index (Phi) is 3.94. The van der Waals surface area contributed by atoms with Crippen LogP contribution in [0.2, 0.25) is 0 Å². The van der Waals surface area contributed by atoms with Crippen LogP contribution in [-0.4, -0.2) is 32.9 Å². The maximum atomic E-state index is 12.1. The summed E-state index contributed by atoms with van der Waals surface area (Å²) in [5, 5.41) is 17.4. The van der Waals surface area contributed by atoms with Crippen molar-refractivity contribution in [2.24, 2.45) is 13.0 Å². The number of rotatable bonds is 3. The zero-order valence-corrected chi connectivity index (χ0v) is 11.9. The van der Waals surface area contributed by atoms with E-state index in [0.29, 0.717) is 23.7 Å². The van der Waals surface area contributed by atoms with Gasteiger partial charge in [-0.2, -0.15) is 5.10 Å². The second-order valence-corrected chi connectivity index (χ2v) is 5.89. The lowest BCUT2D eigenvalue weighted by molar-refractivity contribution is -0.00540. The lowest BCUT2D eigenvalue weighted by Gasteiger charge is -2.34. The molecule has 0 spiro atoms. The molecule has 2 N–H and O–H groups in total. The van der Waals surface area contributed by atoms with Crippen molar-refractivity contribution in [2.75, 3.05) is 6.54 Å². The summed E-state index contributed by atoms with van der Waals surface area (Å²) in [7, 11) is 1.79. The standard InChI is InChI=1S/C14H23N3O2/c1-10-4-6-14(19,7-5-10)9-15-13(18)12-8-17(3)16-11(12)2/h8,10,19H,4-7,9H2,1-3H3,(H,15,18). The number of hydrogen-bond acceptors (Lipinski definition) is 3. The first kappa shape index (κ1) is 14.1. The molecular weight excluding hydrogens is 242 g/mol. The fourth-order valence-corrected chi connectivity index (χ4v) is 2.64. The molecule has 19 heavy (non-hydrogen) atoms. The van der Waals surface area contributed by atoms with Crippen LogP contribution in [0.5, 0.6) is 0 Å². The second kappa shape index (κ2) is 5.33. The van der Waals surface area contributed by atoms with Crippen molar-refractivity contribution in [3.05, 3.63) is 17.5 Å². The maximum Gasteiger partial charge on any atom is 0.254 e. The van der Waals surface area contributed by atoms with Crippen molar-refractivity contribution < 1.29 is 9.90 Å². The van der Waals surface area contributed by atoms with E-state index in [1.807, 2.05) is 6.92 Å². The number of aromatic nitrogens is 2. The van der Waals surface area contributed by atoms with Gasteiger partial charge in [-0.05, 0) is 38.5 Å². The van der Waals surface area contributed by atoms with Crippen LogP contribution in [-0.2, 0) is 7.05 Å². The Balaban J connectivity index is 1.92. The van der Waals surface area contributed by atoms with Crippen LogP contribution >= 0.6 is 0 Å². The van der Waals surface area contributed by atoms with Crippen molar-refractivity contribution in [2.45, 2.75) is 45.1 Å². The van der Waals surface area contributed by atoms with Crippen molar-refractivity contribution in [1.29, 1.82) is 0 Å². The maximum absolute atomic E-state index is 12.1. The number of carbonyl (C=O) groups is 1.